The van der Waals surface area contributed by atoms with Gasteiger partial charge >= 0.3 is 12.2 Å². The van der Waals surface area contributed by atoms with Crippen LogP contribution >= 0.6 is 0 Å². The molecule has 3 aromatic carbocycles. The van der Waals surface area contributed by atoms with Gasteiger partial charge in [-0.3, -0.25) is 4.98 Å². The number of carbonyl (C=O) groups excluding carboxylic acids is 1. The lowest BCUT2D eigenvalue weighted by molar-refractivity contribution is -0.137. The third kappa shape index (κ3) is 6.08. The second-order valence-electron chi connectivity index (χ2n) is 7.85. The van der Waals surface area contributed by atoms with Crippen LogP contribution in [0.3, 0.4) is 0 Å². The van der Waals surface area contributed by atoms with Gasteiger partial charge in [0.1, 0.15) is 0 Å². The number of aromatic nitrogens is 1. The molecule has 0 fully saturated rings. The number of pyridine rings is 1. The van der Waals surface area contributed by atoms with E-state index in [1.807, 2.05) is 0 Å². The van der Waals surface area contributed by atoms with Crippen molar-refractivity contribution < 1.29 is 26.4 Å². The number of halogens is 3. The molecule has 6 nitrogen and oxygen atoms in total. The van der Waals surface area contributed by atoms with Gasteiger partial charge in [0.25, 0.3) is 0 Å². The molecule has 0 bridgehead atoms. The van der Waals surface area contributed by atoms with Gasteiger partial charge in [-0.1, -0.05) is 42.5 Å². The Balaban J connectivity index is 1.65. The van der Waals surface area contributed by atoms with Crippen molar-refractivity contribution in [3.63, 3.8) is 0 Å². The minimum absolute atomic E-state index is 0.0153. The molecule has 0 aliphatic heterocycles. The normalized spacial score (nSPS) is 11.6. The van der Waals surface area contributed by atoms with Crippen LogP contribution in [0.1, 0.15) is 11.1 Å². The number of urea groups is 1. The van der Waals surface area contributed by atoms with Crippen LogP contribution in [0.15, 0.2) is 102 Å². The van der Waals surface area contributed by atoms with Crippen LogP contribution in [0.4, 0.5) is 29.3 Å². The predicted octanol–water partition coefficient (Wildman–Crippen LogP) is 6.39. The molecular formula is C26H20F3N3O3S. The summed E-state index contributed by atoms with van der Waals surface area (Å²) in [6.45, 7) is 0. The topological polar surface area (TPSA) is 88.2 Å². The quantitative estimate of drug-likeness (QED) is 0.314. The first kappa shape index (κ1) is 24.9. The van der Waals surface area contributed by atoms with Gasteiger partial charge in [0.05, 0.1) is 21.9 Å². The van der Waals surface area contributed by atoms with Gasteiger partial charge in [-0.25, -0.2) is 13.2 Å². The number of benzene rings is 3. The highest BCUT2D eigenvalue weighted by Crippen LogP contribution is 2.33. The third-order valence-corrected chi connectivity index (χ3v) is 6.92. The molecular weight excluding hydrogens is 491 g/mol. The van der Waals surface area contributed by atoms with Gasteiger partial charge in [-0.15, -0.1) is 0 Å². The fraction of sp³-hybridized carbons (Fsp3) is 0.0769. The number of rotatable bonds is 6. The summed E-state index contributed by atoms with van der Waals surface area (Å²) < 4.78 is 65.2. The summed E-state index contributed by atoms with van der Waals surface area (Å²) in [4.78, 5) is 16.7. The van der Waals surface area contributed by atoms with E-state index in [1.54, 1.807) is 60.9 Å². The van der Waals surface area contributed by atoms with Crippen molar-refractivity contribution in [3.8, 4) is 11.1 Å². The van der Waals surface area contributed by atoms with Crippen molar-refractivity contribution in [2.75, 3.05) is 10.6 Å². The predicted molar refractivity (Wildman–Crippen MR) is 131 cm³/mol. The molecule has 36 heavy (non-hydrogen) atoms. The number of nitrogens with one attached hydrogen (secondary N) is 2. The lowest BCUT2D eigenvalue weighted by atomic mass is 10.1. The van der Waals surface area contributed by atoms with Gasteiger partial charge in [0.2, 0.25) is 0 Å². The van der Waals surface area contributed by atoms with Crippen molar-refractivity contribution in [2.45, 2.75) is 16.8 Å². The molecule has 0 radical (unpaired) electrons. The van der Waals surface area contributed by atoms with E-state index in [0.717, 1.165) is 12.1 Å². The molecule has 0 unspecified atom stereocenters. The summed E-state index contributed by atoms with van der Waals surface area (Å²) in [6, 6.07) is 19.7. The van der Waals surface area contributed by atoms with Crippen LogP contribution in [0.25, 0.3) is 11.1 Å². The van der Waals surface area contributed by atoms with Crippen molar-refractivity contribution in [3.05, 3.63) is 108 Å². The molecule has 2 N–H and O–H groups in total. The highest BCUT2D eigenvalue weighted by molar-refractivity contribution is 7.90. The summed E-state index contributed by atoms with van der Waals surface area (Å²) in [6.07, 6.45) is -1.48. The lowest BCUT2D eigenvalue weighted by Crippen LogP contribution is -2.20. The smallest absolute Gasteiger partial charge is 0.308 e. The largest absolute Gasteiger partial charge is 0.416 e. The van der Waals surface area contributed by atoms with Crippen LogP contribution in [0.2, 0.25) is 0 Å². The molecule has 0 atom stereocenters. The number of alkyl halides is 3. The number of hydrogen-bond acceptors (Lipinski definition) is 4. The molecule has 0 aliphatic rings. The van der Waals surface area contributed by atoms with Gasteiger partial charge in [0, 0.05) is 23.6 Å². The molecule has 1 aromatic heterocycles. The fourth-order valence-electron chi connectivity index (χ4n) is 3.54. The molecule has 0 spiro atoms. The first-order chi connectivity index (χ1) is 17.1. The summed E-state index contributed by atoms with van der Waals surface area (Å²) in [5.41, 5.74) is 0.960. The van der Waals surface area contributed by atoms with Gasteiger partial charge < -0.3 is 10.6 Å². The number of sulfone groups is 1. The van der Waals surface area contributed by atoms with E-state index < -0.39 is 27.6 Å². The van der Waals surface area contributed by atoms with Crippen molar-refractivity contribution >= 4 is 27.2 Å². The van der Waals surface area contributed by atoms with Crippen molar-refractivity contribution in [2.24, 2.45) is 0 Å². The van der Waals surface area contributed by atoms with E-state index >= 15 is 0 Å². The minimum Gasteiger partial charge on any atom is -0.308 e. The van der Waals surface area contributed by atoms with Gasteiger partial charge in [-0.05, 0) is 53.6 Å². The van der Waals surface area contributed by atoms with Crippen LogP contribution in [-0.2, 0) is 21.8 Å². The van der Waals surface area contributed by atoms with Gasteiger partial charge in [0.15, 0.2) is 9.84 Å². The first-order valence-corrected chi connectivity index (χ1v) is 12.3. The summed E-state index contributed by atoms with van der Waals surface area (Å²) >= 11 is 0. The van der Waals surface area contributed by atoms with E-state index in [0.29, 0.717) is 16.7 Å². The third-order valence-electron chi connectivity index (χ3n) is 5.24. The Morgan fingerprint density at radius 1 is 0.833 bits per heavy atom. The van der Waals surface area contributed by atoms with Gasteiger partial charge in [-0.2, -0.15) is 13.2 Å². The van der Waals surface area contributed by atoms with Crippen molar-refractivity contribution in [1.29, 1.82) is 0 Å². The Bertz CT molecular complexity index is 1480. The number of hydrogen-bond donors (Lipinski definition) is 2. The monoisotopic (exact) mass is 511 g/mol. The zero-order valence-corrected chi connectivity index (χ0v) is 19.5. The van der Waals surface area contributed by atoms with Crippen LogP contribution in [0.5, 0.6) is 0 Å². The summed E-state index contributed by atoms with van der Waals surface area (Å²) in [7, 11) is -3.76. The molecule has 4 rings (SSSR count). The minimum atomic E-state index is -4.57. The van der Waals surface area contributed by atoms with E-state index in [4.69, 9.17) is 0 Å². The first-order valence-electron chi connectivity index (χ1n) is 10.7. The van der Waals surface area contributed by atoms with Crippen LogP contribution < -0.4 is 10.6 Å². The lowest BCUT2D eigenvalue weighted by Gasteiger charge is -2.15. The average molecular weight is 512 g/mol. The molecule has 4 aromatic rings. The highest BCUT2D eigenvalue weighted by Gasteiger charge is 2.30. The van der Waals surface area contributed by atoms with E-state index in [2.05, 4.69) is 15.6 Å². The molecule has 10 heteroatoms. The molecule has 1 heterocycles. The Kier molecular flexibility index (Phi) is 7.07. The second kappa shape index (κ2) is 10.2. The molecule has 184 valence electrons. The average Bonchev–Trinajstić information content (AvgIpc) is 2.84. The summed E-state index contributed by atoms with van der Waals surface area (Å²) in [5, 5.41) is 4.94. The van der Waals surface area contributed by atoms with Crippen LogP contribution in [0, 0.1) is 0 Å². The fourth-order valence-corrected chi connectivity index (χ4v) is 4.91. The molecule has 0 saturated heterocycles. The maximum atomic E-state index is 13.1. The van der Waals surface area contributed by atoms with Crippen molar-refractivity contribution in [1.82, 2.24) is 4.98 Å². The maximum Gasteiger partial charge on any atom is 0.416 e. The number of amides is 2. The van der Waals surface area contributed by atoms with Crippen LogP contribution in [-0.4, -0.2) is 19.4 Å². The van der Waals surface area contributed by atoms with E-state index in [1.165, 1.54) is 24.3 Å². The number of nitrogens with zero attached hydrogens (tertiary/aromatic N) is 1. The SMILES string of the molecule is O=C(Nc1cccc(C(F)(F)F)c1)Nc1cc(S(=O)(=O)Cc2ccccc2)ccc1-c1ccncc1. The highest BCUT2D eigenvalue weighted by atomic mass is 32.2. The second-order valence-corrected chi connectivity index (χ2v) is 9.84. The zero-order valence-electron chi connectivity index (χ0n) is 18.7. The van der Waals surface area contributed by atoms with E-state index in [-0.39, 0.29) is 22.0 Å². The Hall–Kier alpha value is -4.18. The molecule has 0 saturated carbocycles. The number of carbonyl (C=O) groups is 1. The Morgan fingerprint density at radius 3 is 2.25 bits per heavy atom. The summed E-state index contributed by atoms with van der Waals surface area (Å²) in [5.74, 6) is -0.238. The Labute approximate surface area is 205 Å². The maximum absolute atomic E-state index is 13.1. The molecule has 2 amide bonds. The number of anilines is 2. The molecule has 0 aliphatic carbocycles. The Morgan fingerprint density at radius 2 is 1.56 bits per heavy atom. The van der Waals surface area contributed by atoms with E-state index in [9.17, 15) is 26.4 Å². The standard InChI is InChI=1S/C26H20F3N3O3S/c27-26(28,29)20-7-4-8-21(15-20)31-25(33)32-24-16-22(9-10-23(24)19-11-13-30-14-12-19)36(34,35)17-18-5-2-1-3-6-18/h1-16H,17H2,(H2,31,32,33). The zero-order chi connectivity index (χ0) is 25.8.